The highest BCUT2D eigenvalue weighted by molar-refractivity contribution is 6.24. The fourth-order valence-electron chi connectivity index (χ4n) is 5.82. The van der Waals surface area contributed by atoms with Gasteiger partial charge >= 0.3 is 0 Å². The maximum Gasteiger partial charge on any atom is 0.255 e. The lowest BCUT2D eigenvalue weighted by Crippen LogP contribution is -2.65. The molecule has 1 fully saturated rings. The molecule has 3 aliphatic carbocycles. The van der Waals surface area contributed by atoms with Gasteiger partial charge in [-0.3, -0.25) is 19.3 Å². The summed E-state index contributed by atoms with van der Waals surface area (Å²) in [5.74, 6) is -6.87. The summed E-state index contributed by atoms with van der Waals surface area (Å²) in [7, 11) is 3.11. The number of amides is 1. The molecule has 1 saturated carbocycles. The van der Waals surface area contributed by atoms with Gasteiger partial charge in [0.25, 0.3) is 5.91 Å². The molecule has 37 heavy (non-hydrogen) atoms. The van der Waals surface area contributed by atoms with Gasteiger partial charge in [-0.1, -0.05) is 5.16 Å². The highest BCUT2D eigenvalue weighted by atomic mass is 16.6. The number of likely N-dealkylation sites (N-methyl/N-ethyl adjacent to an activating group) is 1. The molecule has 0 radical (unpaired) electrons. The second-order valence-corrected chi connectivity index (χ2v) is 10.3. The summed E-state index contributed by atoms with van der Waals surface area (Å²) in [6, 6.07) is 1.86. The van der Waals surface area contributed by atoms with Crippen molar-refractivity contribution in [3.05, 3.63) is 45.7 Å². The Bertz CT molecular complexity index is 1310. The average Bonchev–Trinajstić information content (AvgIpc) is 2.79. The molecule has 11 heteroatoms. The third kappa shape index (κ3) is 3.80. The minimum Gasteiger partial charge on any atom is -0.508 e. The Labute approximate surface area is 213 Å². The molecule has 6 N–H and O–H groups in total. The standard InChI is InChI=1S/C26H31N3O8/c1-10(2)37-28-11(3)13-6-7-16(30)18-14(13)8-12-9-15-20(29(4)5)22(32)19(25(27)35)24(34)26(15,36)23(33)17(12)21(18)31/h6-7,10,12,15,20,30-31,34,36H,8-9H2,1-5H3,(H2,27,35)/b28-11-/t12-,15-,20?,26-/m1/s1. The molecule has 0 bridgehead atoms. The van der Waals surface area contributed by atoms with Crippen molar-refractivity contribution in [3.8, 4) is 5.75 Å². The summed E-state index contributed by atoms with van der Waals surface area (Å²) in [6.45, 7) is 5.35. The molecule has 0 heterocycles. The van der Waals surface area contributed by atoms with E-state index in [1.165, 1.54) is 11.0 Å². The van der Waals surface area contributed by atoms with Crippen LogP contribution in [0.15, 0.2) is 34.2 Å². The van der Waals surface area contributed by atoms with Crippen LogP contribution >= 0.6 is 0 Å². The number of hydrogen-bond acceptors (Lipinski definition) is 10. The maximum absolute atomic E-state index is 13.8. The van der Waals surface area contributed by atoms with Gasteiger partial charge in [-0.05, 0) is 71.3 Å². The predicted molar refractivity (Wildman–Crippen MR) is 133 cm³/mol. The van der Waals surface area contributed by atoms with Crippen LogP contribution in [0, 0.1) is 11.8 Å². The van der Waals surface area contributed by atoms with E-state index in [0.29, 0.717) is 16.8 Å². The van der Waals surface area contributed by atoms with E-state index >= 15 is 0 Å². The lowest BCUT2D eigenvalue weighted by Gasteiger charge is -2.50. The second-order valence-electron chi connectivity index (χ2n) is 10.3. The Kier molecular flexibility index (Phi) is 6.41. The molecule has 1 amide bonds. The molecule has 4 atom stereocenters. The first-order valence-electron chi connectivity index (χ1n) is 11.9. The number of oxime groups is 1. The maximum atomic E-state index is 13.8. The van der Waals surface area contributed by atoms with Gasteiger partial charge in [0.1, 0.15) is 28.9 Å². The molecule has 11 nitrogen and oxygen atoms in total. The van der Waals surface area contributed by atoms with Crippen LogP contribution in [0.1, 0.15) is 43.9 Å². The van der Waals surface area contributed by atoms with Crippen molar-refractivity contribution in [2.75, 3.05) is 14.1 Å². The van der Waals surface area contributed by atoms with Gasteiger partial charge in [0.2, 0.25) is 5.78 Å². The van der Waals surface area contributed by atoms with Gasteiger partial charge in [0.05, 0.1) is 17.3 Å². The Morgan fingerprint density at radius 1 is 1.22 bits per heavy atom. The molecule has 4 rings (SSSR count). The van der Waals surface area contributed by atoms with Gasteiger partial charge in [-0.25, -0.2) is 0 Å². The minimum absolute atomic E-state index is 0.00730. The lowest BCUT2D eigenvalue weighted by molar-refractivity contribution is -0.153. The number of aliphatic hydroxyl groups is 3. The van der Waals surface area contributed by atoms with Crippen molar-refractivity contribution < 1.29 is 39.6 Å². The number of Topliss-reactive ketones (excluding diaryl/α,β-unsaturated/α-hetero) is 2. The number of fused-ring (bicyclic) bond motifs is 3. The number of carbonyl (C=O) groups excluding carboxylic acids is 3. The normalized spacial score (nSPS) is 27.9. The summed E-state index contributed by atoms with van der Waals surface area (Å²) in [5.41, 5.74) is 3.24. The Hall–Kier alpha value is -3.70. The summed E-state index contributed by atoms with van der Waals surface area (Å²) >= 11 is 0. The first-order valence-corrected chi connectivity index (χ1v) is 11.9. The molecule has 1 unspecified atom stereocenters. The topological polar surface area (TPSA) is 183 Å². The van der Waals surface area contributed by atoms with Crippen LogP contribution < -0.4 is 5.73 Å². The monoisotopic (exact) mass is 513 g/mol. The zero-order valence-corrected chi connectivity index (χ0v) is 21.3. The van der Waals surface area contributed by atoms with Crippen molar-refractivity contribution in [2.45, 2.75) is 51.4 Å². The second kappa shape index (κ2) is 9.00. The van der Waals surface area contributed by atoms with E-state index in [1.807, 2.05) is 13.8 Å². The quantitative estimate of drug-likeness (QED) is 0.219. The van der Waals surface area contributed by atoms with Gasteiger partial charge < -0.3 is 31.0 Å². The smallest absolute Gasteiger partial charge is 0.255 e. The SMILES string of the molecule is C/C(=N/OC(C)C)c1ccc(O)c2c1C[C@@H]1C[C@@H]3C(N(C)C)C(=O)C(C(N)=O)=C(O)[C@]3(O)C(=O)C1=C2O. The summed E-state index contributed by atoms with van der Waals surface area (Å²) < 4.78 is 0. The summed E-state index contributed by atoms with van der Waals surface area (Å²) in [4.78, 5) is 45.8. The molecule has 198 valence electrons. The van der Waals surface area contributed by atoms with Gasteiger partial charge in [-0.15, -0.1) is 0 Å². The van der Waals surface area contributed by atoms with E-state index in [9.17, 15) is 34.8 Å². The number of ketones is 2. The van der Waals surface area contributed by atoms with Gasteiger partial charge in [0, 0.05) is 17.1 Å². The van der Waals surface area contributed by atoms with Crippen LogP contribution in [0.3, 0.4) is 0 Å². The number of benzene rings is 1. The first-order chi connectivity index (χ1) is 17.2. The summed E-state index contributed by atoms with van der Waals surface area (Å²) in [6.07, 6.45) is 0.0149. The zero-order chi connectivity index (χ0) is 27.6. The molecule has 0 saturated heterocycles. The molecular weight excluding hydrogens is 482 g/mol. The third-order valence-corrected chi connectivity index (χ3v) is 7.39. The molecule has 3 aliphatic rings. The van der Waals surface area contributed by atoms with Crippen LogP contribution in [-0.4, -0.2) is 80.4 Å². The first kappa shape index (κ1) is 26.4. The van der Waals surface area contributed by atoms with E-state index < -0.39 is 58.0 Å². The Morgan fingerprint density at radius 2 is 1.86 bits per heavy atom. The molecule has 0 aromatic heterocycles. The van der Waals surface area contributed by atoms with Crippen molar-refractivity contribution in [1.29, 1.82) is 0 Å². The molecule has 1 aromatic rings. The number of aliphatic hydroxyl groups excluding tert-OH is 2. The number of nitrogens with two attached hydrogens (primary N) is 1. The number of phenols is 1. The van der Waals surface area contributed by atoms with E-state index in [1.54, 1.807) is 27.1 Å². The number of carbonyl (C=O) groups is 3. The van der Waals surface area contributed by atoms with Gasteiger partial charge in [0.15, 0.2) is 11.4 Å². The fraction of sp³-hybridized carbons (Fsp3) is 0.462. The van der Waals surface area contributed by atoms with Crippen molar-refractivity contribution >= 4 is 28.9 Å². The van der Waals surface area contributed by atoms with Crippen LogP contribution in [0.25, 0.3) is 5.76 Å². The molecule has 0 spiro atoms. The van der Waals surface area contributed by atoms with Crippen molar-refractivity contribution in [2.24, 2.45) is 22.7 Å². The number of nitrogens with zero attached hydrogens (tertiary/aromatic N) is 2. The number of aromatic hydroxyl groups is 1. The predicted octanol–water partition coefficient (Wildman–Crippen LogP) is 1.11. The van der Waals surface area contributed by atoms with Gasteiger partial charge in [-0.2, -0.15) is 0 Å². The van der Waals surface area contributed by atoms with E-state index in [-0.39, 0.29) is 35.8 Å². The van der Waals surface area contributed by atoms with Crippen molar-refractivity contribution in [1.82, 2.24) is 4.90 Å². The lowest BCUT2D eigenvalue weighted by atomic mass is 9.57. The minimum atomic E-state index is -2.67. The zero-order valence-electron chi connectivity index (χ0n) is 21.3. The Morgan fingerprint density at radius 3 is 2.43 bits per heavy atom. The van der Waals surface area contributed by atoms with Crippen molar-refractivity contribution in [3.63, 3.8) is 0 Å². The van der Waals surface area contributed by atoms with Crippen LogP contribution in [0.5, 0.6) is 5.75 Å². The molecule has 1 aromatic carbocycles. The average molecular weight is 514 g/mol. The Balaban J connectivity index is 1.94. The molecular formula is C26H31N3O8. The fourth-order valence-corrected chi connectivity index (χ4v) is 5.82. The number of hydrogen-bond donors (Lipinski definition) is 5. The van der Waals surface area contributed by atoms with E-state index in [0.717, 1.165) is 0 Å². The number of phenolic OH excluding ortho intramolecular Hbond substituents is 1. The van der Waals surface area contributed by atoms with Crippen LogP contribution in [0.4, 0.5) is 0 Å². The highest BCUT2D eigenvalue weighted by Gasteiger charge is 2.64. The highest BCUT2D eigenvalue weighted by Crippen LogP contribution is 2.52. The van der Waals surface area contributed by atoms with E-state index in [2.05, 4.69) is 5.16 Å². The van der Waals surface area contributed by atoms with Crippen LogP contribution in [-0.2, 0) is 25.6 Å². The summed E-state index contributed by atoms with van der Waals surface area (Å²) in [5, 5.41) is 48.5. The number of primary amides is 1. The van der Waals surface area contributed by atoms with Crippen LogP contribution in [0.2, 0.25) is 0 Å². The number of rotatable bonds is 5. The molecule has 0 aliphatic heterocycles. The third-order valence-electron chi connectivity index (χ3n) is 7.39. The largest absolute Gasteiger partial charge is 0.508 e. The van der Waals surface area contributed by atoms with E-state index in [4.69, 9.17) is 10.6 Å².